The van der Waals surface area contributed by atoms with Crippen molar-refractivity contribution in [3.63, 3.8) is 0 Å². The van der Waals surface area contributed by atoms with Crippen LogP contribution in [-0.4, -0.2) is 39.5 Å². The minimum atomic E-state index is 0.514. The quantitative estimate of drug-likeness (QED) is 0.167. The molecule has 1 N–H and O–H groups in total. The van der Waals surface area contributed by atoms with E-state index in [-0.39, 0.29) is 0 Å². The van der Waals surface area contributed by atoms with E-state index in [1.807, 2.05) is 170 Å². The van der Waals surface area contributed by atoms with Crippen molar-refractivity contribution in [2.24, 2.45) is 0 Å². The van der Waals surface area contributed by atoms with Gasteiger partial charge in [-0.25, -0.2) is 29.9 Å². The highest BCUT2D eigenvalue weighted by Crippen LogP contribution is 2.45. The SMILES string of the molecule is Clc1ccc2oc3ccccc3c2c1-c1nc(-c2ccccc2)nc(-c2ccccc2)n1.c1ccc(-c2nc(-c3ccccc3)nc(-c3c(-n4c5ccccc5c5cc6ccccc6cc54)ccc4oc5ccccc5c34)n2)cc1.c1ccc2cc3c(cc2c1)[nH]c1ccccc13. The van der Waals surface area contributed by atoms with Gasteiger partial charge in [-0.05, 0) is 94.3 Å². The summed E-state index contributed by atoms with van der Waals surface area (Å²) in [7, 11) is 0. The lowest BCUT2D eigenvalue weighted by Crippen LogP contribution is -2.04. The van der Waals surface area contributed by atoms with Crippen LogP contribution in [0.2, 0.25) is 5.02 Å². The number of para-hydroxylation sites is 4. The van der Waals surface area contributed by atoms with Gasteiger partial charge in [0.05, 0.1) is 27.3 Å². The molecule has 20 aromatic rings. The number of H-pyrrole nitrogens is 1. The molecule has 0 saturated carbocycles. The van der Waals surface area contributed by atoms with E-state index in [9.17, 15) is 0 Å². The average molecular weight is 1270 g/mol. The van der Waals surface area contributed by atoms with Crippen molar-refractivity contribution in [3.8, 4) is 74.0 Å². The molecule has 0 saturated heterocycles. The fourth-order valence-electron chi connectivity index (χ4n) is 13.5. The molecule has 0 amide bonds. The number of nitrogens with zero attached hydrogens (tertiary/aromatic N) is 7. The highest BCUT2D eigenvalue weighted by Gasteiger charge is 2.26. The van der Waals surface area contributed by atoms with E-state index in [4.69, 9.17) is 50.3 Å². The second-order valence-electron chi connectivity index (χ2n) is 23.9. The summed E-state index contributed by atoms with van der Waals surface area (Å²) in [6.45, 7) is 0. The topological polar surface area (TPSA) is 124 Å². The molecular weight excluding hydrogens is 1210 g/mol. The molecule has 0 aliphatic heterocycles. The lowest BCUT2D eigenvalue weighted by Gasteiger charge is -2.16. The molecule has 20 rings (SSSR count). The van der Waals surface area contributed by atoms with Crippen molar-refractivity contribution < 1.29 is 8.83 Å². The van der Waals surface area contributed by atoms with Crippen molar-refractivity contribution in [3.05, 3.63) is 320 Å². The minimum Gasteiger partial charge on any atom is -0.456 e. The fourth-order valence-corrected chi connectivity index (χ4v) is 13.8. The van der Waals surface area contributed by atoms with Crippen LogP contribution < -0.4 is 0 Å². The number of aromatic nitrogens is 8. The summed E-state index contributed by atoms with van der Waals surface area (Å²) >= 11 is 6.75. The third-order valence-corrected chi connectivity index (χ3v) is 18.3. The first kappa shape index (κ1) is 56.8. The summed E-state index contributed by atoms with van der Waals surface area (Å²) in [4.78, 5) is 33.4. The van der Waals surface area contributed by atoms with Crippen LogP contribution in [-0.2, 0) is 0 Å². The van der Waals surface area contributed by atoms with Gasteiger partial charge < -0.3 is 18.4 Å². The number of furan rings is 2. The molecule has 0 radical (unpaired) electrons. The number of rotatable bonds is 7. The van der Waals surface area contributed by atoms with Gasteiger partial charge in [0.2, 0.25) is 0 Å². The number of hydrogen-bond donors (Lipinski definition) is 1. The molecular formula is C86H53ClN8O2. The van der Waals surface area contributed by atoms with Gasteiger partial charge in [-0.2, -0.15) is 0 Å². The van der Waals surface area contributed by atoms with Crippen LogP contribution in [0.1, 0.15) is 0 Å². The molecule has 10 nitrogen and oxygen atoms in total. The van der Waals surface area contributed by atoms with E-state index in [1.54, 1.807) is 0 Å². The van der Waals surface area contributed by atoms with Crippen molar-refractivity contribution in [1.82, 2.24) is 39.5 Å². The molecule has 6 aromatic heterocycles. The Kier molecular flexibility index (Phi) is 14.0. The summed E-state index contributed by atoms with van der Waals surface area (Å²) in [6.07, 6.45) is 0. The maximum atomic E-state index is 6.75. The molecule has 14 aromatic carbocycles. The Morgan fingerprint density at radius 3 is 1.20 bits per heavy atom. The summed E-state index contributed by atoms with van der Waals surface area (Å²) in [6, 6.07) is 107. The van der Waals surface area contributed by atoms with Gasteiger partial charge in [0.25, 0.3) is 0 Å². The first-order valence-electron chi connectivity index (χ1n) is 32.1. The Morgan fingerprint density at radius 1 is 0.268 bits per heavy atom. The van der Waals surface area contributed by atoms with Gasteiger partial charge in [0.15, 0.2) is 34.9 Å². The highest BCUT2D eigenvalue weighted by atomic mass is 35.5. The van der Waals surface area contributed by atoms with E-state index < -0.39 is 0 Å². The van der Waals surface area contributed by atoms with E-state index in [1.165, 1.54) is 54.1 Å². The first-order chi connectivity index (χ1) is 48.0. The van der Waals surface area contributed by atoms with Crippen LogP contribution in [0, 0.1) is 0 Å². The zero-order valence-electron chi connectivity index (χ0n) is 51.8. The van der Waals surface area contributed by atoms with Gasteiger partial charge in [-0.1, -0.05) is 254 Å². The smallest absolute Gasteiger partial charge is 0.166 e. The summed E-state index contributed by atoms with van der Waals surface area (Å²) in [5, 5.41) is 14.4. The number of fused-ring (bicyclic) bond motifs is 14. The van der Waals surface area contributed by atoms with Crippen molar-refractivity contribution >= 4 is 121 Å². The van der Waals surface area contributed by atoms with Crippen LogP contribution in [0.25, 0.3) is 183 Å². The van der Waals surface area contributed by atoms with E-state index in [2.05, 4.69) is 155 Å². The lowest BCUT2D eigenvalue weighted by molar-refractivity contribution is 0.668. The Morgan fingerprint density at radius 2 is 0.660 bits per heavy atom. The zero-order chi connectivity index (χ0) is 64.3. The monoisotopic (exact) mass is 1260 g/mol. The van der Waals surface area contributed by atoms with Crippen LogP contribution >= 0.6 is 11.6 Å². The molecule has 0 atom stereocenters. The van der Waals surface area contributed by atoms with Crippen molar-refractivity contribution in [1.29, 1.82) is 0 Å². The Bertz CT molecular complexity index is 6280. The van der Waals surface area contributed by atoms with Crippen LogP contribution in [0.4, 0.5) is 0 Å². The Labute approximate surface area is 560 Å². The van der Waals surface area contributed by atoms with E-state index in [0.717, 1.165) is 94.0 Å². The average Bonchev–Trinajstić information content (AvgIpc) is 1.61. The molecule has 0 fully saturated rings. The predicted molar refractivity (Wildman–Crippen MR) is 397 cm³/mol. The number of hydrogen-bond acceptors (Lipinski definition) is 8. The Balaban J connectivity index is 0.000000119. The van der Waals surface area contributed by atoms with Gasteiger partial charge in [-0.15, -0.1) is 0 Å². The van der Waals surface area contributed by atoms with Gasteiger partial charge in [-0.3, -0.25) is 0 Å². The third-order valence-electron chi connectivity index (χ3n) is 18.0. The largest absolute Gasteiger partial charge is 0.456 e. The van der Waals surface area contributed by atoms with Crippen LogP contribution in [0.15, 0.2) is 324 Å². The van der Waals surface area contributed by atoms with Gasteiger partial charge in [0.1, 0.15) is 22.3 Å². The summed E-state index contributed by atoms with van der Waals surface area (Å²) in [5.41, 5.74) is 14.1. The molecule has 0 spiro atoms. The Hall–Kier alpha value is -12.9. The molecule has 0 bridgehead atoms. The fraction of sp³-hybridized carbons (Fsp3) is 0. The molecule has 11 heteroatoms. The zero-order valence-corrected chi connectivity index (χ0v) is 52.6. The van der Waals surface area contributed by atoms with Gasteiger partial charge in [0, 0.05) is 81.9 Å². The molecule has 0 unspecified atom stereocenters. The standard InChI is InChI=1S/C43H26N4O.C27H16ClN3O.C16H11N/c1-3-13-27(14-4-1)41-44-42(28-15-5-2-6-16-28)46-43(45-41)40-35(23-24-38-39(40)32-20-10-12-22-37(32)48-38)47-34-21-11-9-19-31(34)33-25-29-17-7-8-18-30(29)26-36(33)47;28-20-15-16-22-23(19-13-7-8-14-21(19)32-22)24(20)27-30-25(17-9-3-1-4-10-17)29-26(31-27)18-11-5-2-6-12-18;1-2-6-12-10-16-14(9-11(12)5-1)13-7-3-4-8-15(13)17-16/h1-26H;1-16H;1-10,17H. The number of nitrogens with one attached hydrogen (secondary N) is 1. The molecule has 0 aliphatic rings. The summed E-state index contributed by atoms with van der Waals surface area (Å²) in [5.74, 6) is 3.51. The second-order valence-corrected chi connectivity index (χ2v) is 24.3. The van der Waals surface area contributed by atoms with Crippen molar-refractivity contribution in [2.45, 2.75) is 0 Å². The molecule has 6 heterocycles. The van der Waals surface area contributed by atoms with Crippen LogP contribution in [0.5, 0.6) is 0 Å². The van der Waals surface area contributed by atoms with E-state index in [0.29, 0.717) is 40.0 Å². The maximum Gasteiger partial charge on any atom is 0.166 e. The lowest BCUT2D eigenvalue weighted by atomic mass is 10.0. The minimum absolute atomic E-state index is 0.514. The van der Waals surface area contributed by atoms with E-state index >= 15 is 0 Å². The molecule has 97 heavy (non-hydrogen) atoms. The number of aromatic amines is 1. The first-order valence-corrected chi connectivity index (χ1v) is 32.5. The highest BCUT2D eigenvalue weighted by molar-refractivity contribution is 6.36. The normalized spacial score (nSPS) is 11.6. The van der Waals surface area contributed by atoms with Crippen LogP contribution in [0.3, 0.4) is 0 Å². The molecule has 456 valence electrons. The summed E-state index contributed by atoms with van der Waals surface area (Å²) < 4.78 is 14.9. The number of benzene rings is 14. The predicted octanol–water partition coefficient (Wildman–Crippen LogP) is 22.9. The second kappa shape index (κ2) is 23.9. The molecule has 0 aliphatic carbocycles. The maximum absolute atomic E-state index is 6.75. The van der Waals surface area contributed by atoms with Gasteiger partial charge >= 0.3 is 0 Å². The number of halogens is 1. The van der Waals surface area contributed by atoms with Crippen molar-refractivity contribution in [2.75, 3.05) is 0 Å². The third kappa shape index (κ3) is 10.2.